The van der Waals surface area contributed by atoms with Gasteiger partial charge in [-0.25, -0.2) is 13.4 Å². The van der Waals surface area contributed by atoms with E-state index in [4.69, 9.17) is 0 Å². The highest BCUT2D eigenvalue weighted by atomic mass is 32.2. The molecule has 0 spiro atoms. The van der Waals surface area contributed by atoms with Crippen molar-refractivity contribution in [3.63, 3.8) is 0 Å². The van der Waals surface area contributed by atoms with E-state index in [1.54, 1.807) is 12.4 Å². The molecule has 0 aliphatic carbocycles. The lowest BCUT2D eigenvalue weighted by molar-refractivity contribution is 0.600. The molecule has 0 bridgehead atoms. The number of hydrogen-bond acceptors (Lipinski definition) is 3. The van der Waals surface area contributed by atoms with Crippen molar-refractivity contribution in [2.45, 2.75) is 19.9 Å². The van der Waals surface area contributed by atoms with Gasteiger partial charge >= 0.3 is 0 Å². The smallest absolute Gasteiger partial charge is 0.232 e. The largest absolute Gasteiger partial charge is 0.326 e. The van der Waals surface area contributed by atoms with E-state index >= 15 is 0 Å². The molecule has 0 unspecified atom stereocenters. The first kappa shape index (κ1) is 15.6. The van der Waals surface area contributed by atoms with Gasteiger partial charge in [-0.2, -0.15) is 0 Å². The molecule has 0 amide bonds. The molecule has 0 fully saturated rings. The monoisotopic (exact) mass is 329 g/mol. The van der Waals surface area contributed by atoms with Crippen LogP contribution >= 0.6 is 0 Å². The summed E-state index contributed by atoms with van der Waals surface area (Å²) in [5.41, 5.74) is 3.63. The Balaban J connectivity index is 1.83. The molecular weight excluding hydrogens is 310 g/mol. The van der Waals surface area contributed by atoms with Gasteiger partial charge in [0.05, 0.1) is 23.1 Å². The quantitative estimate of drug-likeness (QED) is 0.755. The summed E-state index contributed by atoms with van der Waals surface area (Å²) in [6.45, 7) is 2.49. The maximum atomic E-state index is 11.9. The van der Waals surface area contributed by atoms with E-state index in [1.165, 1.54) is 0 Å². The molecule has 0 atom stereocenters. The zero-order chi connectivity index (χ0) is 16.3. The zero-order valence-electron chi connectivity index (χ0n) is 12.9. The standard InChI is InChI=1S/C17H19N3O2S/c1-2-10-23(21,22)19-15-7-5-6-14(11-15)12-20-13-18-16-8-3-4-9-17(16)20/h3-9,11,13,19H,2,10,12H2,1H3. The van der Waals surface area contributed by atoms with Gasteiger partial charge in [0.25, 0.3) is 0 Å². The van der Waals surface area contributed by atoms with Gasteiger partial charge in [0.2, 0.25) is 10.0 Å². The molecule has 6 heteroatoms. The summed E-state index contributed by atoms with van der Waals surface area (Å²) in [4.78, 5) is 4.37. The lowest BCUT2D eigenvalue weighted by Crippen LogP contribution is -2.16. The minimum absolute atomic E-state index is 0.128. The minimum atomic E-state index is -3.27. The fourth-order valence-electron chi connectivity index (χ4n) is 2.57. The summed E-state index contributed by atoms with van der Waals surface area (Å²) in [7, 11) is -3.27. The minimum Gasteiger partial charge on any atom is -0.326 e. The molecule has 3 aromatic rings. The number of sulfonamides is 1. The van der Waals surface area contributed by atoms with Crippen LogP contribution in [0, 0.1) is 0 Å². The van der Waals surface area contributed by atoms with Crippen molar-refractivity contribution in [2.24, 2.45) is 0 Å². The fraction of sp³-hybridized carbons (Fsp3) is 0.235. The number of imidazole rings is 1. The number of hydrogen-bond donors (Lipinski definition) is 1. The van der Waals surface area contributed by atoms with Gasteiger partial charge in [0.1, 0.15) is 0 Å². The van der Waals surface area contributed by atoms with Crippen LogP contribution in [0.5, 0.6) is 0 Å². The Morgan fingerprint density at radius 3 is 2.78 bits per heavy atom. The maximum absolute atomic E-state index is 11.9. The van der Waals surface area contributed by atoms with Crippen molar-refractivity contribution in [1.29, 1.82) is 0 Å². The van der Waals surface area contributed by atoms with Gasteiger partial charge in [-0.1, -0.05) is 31.2 Å². The lowest BCUT2D eigenvalue weighted by Gasteiger charge is -2.10. The topological polar surface area (TPSA) is 64.0 Å². The molecule has 0 saturated heterocycles. The van der Waals surface area contributed by atoms with Gasteiger partial charge < -0.3 is 4.57 Å². The fourth-order valence-corrected chi connectivity index (χ4v) is 3.69. The molecular formula is C17H19N3O2S. The zero-order valence-corrected chi connectivity index (χ0v) is 13.8. The summed E-state index contributed by atoms with van der Waals surface area (Å²) >= 11 is 0. The molecule has 0 saturated carbocycles. The van der Waals surface area contributed by atoms with E-state index in [2.05, 4.69) is 14.3 Å². The summed E-state index contributed by atoms with van der Waals surface area (Å²) in [6, 6.07) is 15.4. The Kier molecular flexibility index (Phi) is 4.34. The van der Waals surface area contributed by atoms with Gasteiger partial charge in [-0.05, 0) is 36.2 Å². The van der Waals surface area contributed by atoms with Gasteiger partial charge in [0, 0.05) is 12.2 Å². The second-order valence-electron chi connectivity index (χ2n) is 5.48. The number of benzene rings is 2. The number of fused-ring (bicyclic) bond motifs is 1. The van der Waals surface area contributed by atoms with E-state index in [-0.39, 0.29) is 5.75 Å². The Morgan fingerprint density at radius 2 is 1.96 bits per heavy atom. The maximum Gasteiger partial charge on any atom is 0.232 e. The molecule has 0 radical (unpaired) electrons. The van der Waals surface area contributed by atoms with Crippen LogP contribution in [0.2, 0.25) is 0 Å². The molecule has 0 aliphatic rings. The number of aromatic nitrogens is 2. The number of para-hydroxylation sites is 2. The Hall–Kier alpha value is -2.34. The molecule has 1 heterocycles. The van der Waals surface area contributed by atoms with Gasteiger partial charge in [0.15, 0.2) is 0 Å². The molecule has 2 aromatic carbocycles. The molecule has 1 aromatic heterocycles. The van der Waals surface area contributed by atoms with Crippen LogP contribution in [0.3, 0.4) is 0 Å². The lowest BCUT2D eigenvalue weighted by atomic mass is 10.2. The first-order valence-corrected chi connectivity index (χ1v) is 9.22. The Bertz CT molecular complexity index is 916. The van der Waals surface area contributed by atoms with Crippen molar-refractivity contribution < 1.29 is 8.42 Å². The second kappa shape index (κ2) is 6.42. The highest BCUT2D eigenvalue weighted by molar-refractivity contribution is 7.92. The average molecular weight is 329 g/mol. The van der Waals surface area contributed by atoms with Gasteiger partial charge in [-0.15, -0.1) is 0 Å². The van der Waals surface area contributed by atoms with E-state index in [0.29, 0.717) is 18.7 Å². The Morgan fingerprint density at radius 1 is 1.13 bits per heavy atom. The highest BCUT2D eigenvalue weighted by Crippen LogP contribution is 2.17. The number of rotatable bonds is 6. The van der Waals surface area contributed by atoms with Crippen molar-refractivity contribution in [3.8, 4) is 0 Å². The van der Waals surface area contributed by atoms with Crippen LogP contribution in [0.15, 0.2) is 54.9 Å². The average Bonchev–Trinajstić information content (AvgIpc) is 2.90. The molecule has 3 rings (SSSR count). The first-order valence-electron chi connectivity index (χ1n) is 7.57. The van der Waals surface area contributed by atoms with Crippen LogP contribution < -0.4 is 4.72 Å². The predicted octanol–water partition coefficient (Wildman–Crippen LogP) is 3.24. The molecule has 1 N–H and O–H groups in total. The Labute approximate surface area is 136 Å². The van der Waals surface area contributed by atoms with Gasteiger partial charge in [-0.3, -0.25) is 4.72 Å². The van der Waals surface area contributed by atoms with Crippen molar-refractivity contribution in [3.05, 3.63) is 60.4 Å². The van der Waals surface area contributed by atoms with E-state index in [9.17, 15) is 8.42 Å². The second-order valence-corrected chi connectivity index (χ2v) is 7.32. The van der Waals surface area contributed by atoms with Crippen molar-refractivity contribution in [1.82, 2.24) is 9.55 Å². The molecule has 120 valence electrons. The number of anilines is 1. The van der Waals surface area contributed by atoms with E-state index < -0.39 is 10.0 Å². The highest BCUT2D eigenvalue weighted by Gasteiger charge is 2.09. The molecule has 5 nitrogen and oxygen atoms in total. The van der Waals surface area contributed by atoms with Crippen LogP contribution in [-0.4, -0.2) is 23.7 Å². The third kappa shape index (κ3) is 3.71. The summed E-state index contributed by atoms with van der Waals surface area (Å²) in [5, 5.41) is 0. The van der Waals surface area contributed by atoms with Crippen LogP contribution in [0.1, 0.15) is 18.9 Å². The third-order valence-electron chi connectivity index (χ3n) is 3.55. The molecule has 23 heavy (non-hydrogen) atoms. The van der Waals surface area contributed by atoms with Crippen LogP contribution in [-0.2, 0) is 16.6 Å². The molecule has 0 aliphatic heterocycles. The van der Waals surface area contributed by atoms with E-state index in [0.717, 1.165) is 16.6 Å². The van der Waals surface area contributed by atoms with E-state index in [1.807, 2.05) is 49.4 Å². The van der Waals surface area contributed by atoms with Crippen molar-refractivity contribution in [2.75, 3.05) is 10.5 Å². The summed E-state index contributed by atoms with van der Waals surface area (Å²) in [6.07, 6.45) is 2.40. The van der Waals surface area contributed by atoms with Crippen LogP contribution in [0.4, 0.5) is 5.69 Å². The van der Waals surface area contributed by atoms with Crippen molar-refractivity contribution >= 4 is 26.7 Å². The first-order chi connectivity index (χ1) is 11.1. The summed E-state index contributed by atoms with van der Waals surface area (Å²) in [5.74, 6) is 0.128. The number of nitrogens with zero attached hydrogens (tertiary/aromatic N) is 2. The van der Waals surface area contributed by atoms with Crippen LogP contribution in [0.25, 0.3) is 11.0 Å². The SMILES string of the molecule is CCCS(=O)(=O)Nc1cccc(Cn2cnc3ccccc32)c1. The predicted molar refractivity (Wildman–Crippen MR) is 93.0 cm³/mol. The number of nitrogens with one attached hydrogen (secondary N) is 1. The normalized spacial score (nSPS) is 11.7. The summed E-state index contributed by atoms with van der Waals surface area (Å²) < 4.78 is 28.4. The third-order valence-corrected chi connectivity index (χ3v) is 5.05.